The number of rotatable bonds is 1. The van der Waals surface area contributed by atoms with Crippen molar-refractivity contribution in [1.82, 2.24) is 10.2 Å². The quantitative estimate of drug-likeness (QED) is 0.766. The molecule has 0 radical (unpaired) electrons. The minimum Gasteiger partial charge on any atom is -0.319 e. The average Bonchev–Trinajstić information content (AvgIpc) is 2.32. The summed E-state index contributed by atoms with van der Waals surface area (Å²) in [5, 5.41) is 6.23. The molecule has 1 aliphatic heterocycles. The molecule has 0 aliphatic carbocycles. The first-order valence-electron chi connectivity index (χ1n) is 5.71. The average molecular weight is 345 g/mol. The molecule has 1 atom stereocenters. The maximum Gasteiger partial charge on any atom is 0.322 e. The highest BCUT2D eigenvalue weighted by Crippen LogP contribution is 2.18. The van der Waals surface area contributed by atoms with E-state index in [4.69, 9.17) is 0 Å². The van der Waals surface area contributed by atoms with Gasteiger partial charge >= 0.3 is 6.03 Å². The number of para-hydroxylation sites is 1. The maximum absolute atomic E-state index is 12.1. The monoisotopic (exact) mass is 345 g/mol. The van der Waals surface area contributed by atoms with E-state index in [2.05, 4.69) is 40.1 Å². The van der Waals surface area contributed by atoms with E-state index in [9.17, 15) is 4.79 Å². The van der Waals surface area contributed by atoms with Crippen molar-refractivity contribution in [3.05, 3.63) is 27.8 Å². The van der Waals surface area contributed by atoms with Gasteiger partial charge in [0.25, 0.3) is 0 Å². The lowest BCUT2D eigenvalue weighted by atomic mass is 10.2. The van der Waals surface area contributed by atoms with Crippen LogP contribution in [-0.2, 0) is 0 Å². The number of anilines is 1. The molecule has 1 aliphatic rings. The van der Waals surface area contributed by atoms with Gasteiger partial charge in [-0.15, -0.1) is 0 Å². The van der Waals surface area contributed by atoms with E-state index in [1.807, 2.05) is 29.2 Å². The van der Waals surface area contributed by atoms with Crippen LogP contribution in [0, 0.1) is 3.57 Å². The van der Waals surface area contributed by atoms with Crippen LogP contribution in [0.3, 0.4) is 0 Å². The Morgan fingerprint density at radius 3 is 3.00 bits per heavy atom. The Morgan fingerprint density at radius 1 is 1.53 bits per heavy atom. The summed E-state index contributed by atoms with van der Waals surface area (Å²) in [5.74, 6) is 0. The number of amides is 2. The number of hydrogen-bond acceptors (Lipinski definition) is 2. The number of hydrogen-bond donors (Lipinski definition) is 2. The standard InChI is InChI=1S/C12H16IN3O/c1-9-8-14-6-7-16(9)12(17)15-11-5-3-2-4-10(11)13/h2-5,9,14H,6-8H2,1H3,(H,15,17)/t9-/m1/s1. The van der Waals surface area contributed by atoms with Gasteiger partial charge < -0.3 is 15.5 Å². The fraction of sp³-hybridized carbons (Fsp3) is 0.417. The van der Waals surface area contributed by atoms with E-state index in [1.54, 1.807) is 0 Å². The molecule has 2 N–H and O–H groups in total. The van der Waals surface area contributed by atoms with Gasteiger partial charge in [-0.1, -0.05) is 12.1 Å². The Bertz CT molecular complexity index is 410. The van der Waals surface area contributed by atoms with E-state index in [0.717, 1.165) is 28.9 Å². The summed E-state index contributed by atoms with van der Waals surface area (Å²) in [5.41, 5.74) is 0.879. The fourth-order valence-corrected chi connectivity index (χ4v) is 2.41. The lowest BCUT2D eigenvalue weighted by Gasteiger charge is -2.33. The van der Waals surface area contributed by atoms with E-state index < -0.39 is 0 Å². The van der Waals surface area contributed by atoms with E-state index in [0.29, 0.717) is 0 Å². The van der Waals surface area contributed by atoms with Crippen molar-refractivity contribution in [1.29, 1.82) is 0 Å². The van der Waals surface area contributed by atoms with Gasteiger partial charge in [-0.3, -0.25) is 0 Å². The molecule has 1 saturated heterocycles. The van der Waals surface area contributed by atoms with Crippen molar-refractivity contribution < 1.29 is 4.79 Å². The molecule has 1 fully saturated rings. The fourth-order valence-electron chi connectivity index (χ4n) is 1.89. The first kappa shape index (κ1) is 12.6. The highest BCUT2D eigenvalue weighted by molar-refractivity contribution is 14.1. The molecule has 2 amide bonds. The van der Waals surface area contributed by atoms with E-state index in [-0.39, 0.29) is 12.1 Å². The lowest BCUT2D eigenvalue weighted by molar-refractivity contribution is 0.177. The molecule has 1 aromatic carbocycles. The second-order valence-electron chi connectivity index (χ2n) is 4.16. The number of piperazine rings is 1. The molecule has 17 heavy (non-hydrogen) atoms. The summed E-state index contributed by atoms with van der Waals surface area (Å²) in [6.07, 6.45) is 0. The highest BCUT2D eigenvalue weighted by Gasteiger charge is 2.23. The van der Waals surface area contributed by atoms with Crippen LogP contribution in [0.2, 0.25) is 0 Å². The summed E-state index contributed by atoms with van der Waals surface area (Å²) in [4.78, 5) is 14.0. The topological polar surface area (TPSA) is 44.4 Å². The number of nitrogens with zero attached hydrogens (tertiary/aromatic N) is 1. The van der Waals surface area contributed by atoms with Gasteiger partial charge in [0, 0.05) is 29.2 Å². The molecule has 0 spiro atoms. The predicted molar refractivity (Wildman–Crippen MR) is 77.2 cm³/mol. The third kappa shape index (κ3) is 3.10. The van der Waals surface area contributed by atoms with Crippen molar-refractivity contribution in [3.63, 3.8) is 0 Å². The van der Waals surface area contributed by atoms with Crippen molar-refractivity contribution in [3.8, 4) is 0 Å². The second kappa shape index (κ2) is 5.68. The first-order chi connectivity index (χ1) is 8.18. The smallest absolute Gasteiger partial charge is 0.319 e. The van der Waals surface area contributed by atoms with Crippen molar-refractivity contribution in [2.24, 2.45) is 0 Å². The number of nitrogens with one attached hydrogen (secondary N) is 2. The van der Waals surface area contributed by atoms with Crippen LogP contribution in [-0.4, -0.2) is 36.6 Å². The zero-order valence-corrected chi connectivity index (χ0v) is 11.9. The zero-order chi connectivity index (χ0) is 12.3. The number of halogens is 1. The van der Waals surface area contributed by atoms with Crippen LogP contribution < -0.4 is 10.6 Å². The third-order valence-electron chi connectivity index (χ3n) is 2.88. The minimum absolute atomic E-state index is 0.0110. The van der Waals surface area contributed by atoms with Crippen LogP contribution in [0.5, 0.6) is 0 Å². The Hall–Kier alpha value is -0.820. The van der Waals surface area contributed by atoms with Crippen molar-refractivity contribution >= 4 is 34.3 Å². The van der Waals surface area contributed by atoms with Gasteiger partial charge in [0.1, 0.15) is 0 Å². The van der Waals surface area contributed by atoms with Gasteiger partial charge in [0.2, 0.25) is 0 Å². The van der Waals surface area contributed by atoms with E-state index >= 15 is 0 Å². The predicted octanol–water partition coefficient (Wildman–Crippen LogP) is 2.12. The lowest BCUT2D eigenvalue weighted by Crippen LogP contribution is -2.53. The molecule has 1 heterocycles. The SMILES string of the molecule is C[C@@H]1CNCCN1C(=O)Nc1ccccc1I. The Kier molecular flexibility index (Phi) is 4.22. The molecule has 5 heteroatoms. The van der Waals surface area contributed by atoms with Gasteiger partial charge in [0.05, 0.1) is 5.69 Å². The minimum atomic E-state index is -0.0110. The first-order valence-corrected chi connectivity index (χ1v) is 6.79. The summed E-state index contributed by atoms with van der Waals surface area (Å²) in [6, 6.07) is 8.03. The molecule has 0 aromatic heterocycles. The second-order valence-corrected chi connectivity index (χ2v) is 5.32. The molecule has 4 nitrogen and oxygen atoms in total. The van der Waals surface area contributed by atoms with Gasteiger partial charge in [-0.2, -0.15) is 0 Å². The molecule has 92 valence electrons. The number of benzene rings is 1. The van der Waals surface area contributed by atoms with Crippen molar-refractivity contribution in [2.75, 3.05) is 25.0 Å². The van der Waals surface area contributed by atoms with Crippen LogP contribution in [0.15, 0.2) is 24.3 Å². The van der Waals surface area contributed by atoms with Crippen LogP contribution >= 0.6 is 22.6 Å². The molecule has 1 aromatic rings. The molecule has 0 saturated carbocycles. The highest BCUT2D eigenvalue weighted by atomic mass is 127. The Morgan fingerprint density at radius 2 is 2.29 bits per heavy atom. The largest absolute Gasteiger partial charge is 0.322 e. The molecular formula is C12H16IN3O. The molecular weight excluding hydrogens is 329 g/mol. The molecule has 0 bridgehead atoms. The van der Waals surface area contributed by atoms with Gasteiger partial charge in [0.15, 0.2) is 0 Å². The molecule has 2 rings (SSSR count). The van der Waals surface area contributed by atoms with Crippen LogP contribution in [0.1, 0.15) is 6.92 Å². The number of carbonyl (C=O) groups is 1. The third-order valence-corrected chi connectivity index (χ3v) is 3.82. The number of carbonyl (C=O) groups excluding carboxylic acids is 1. The van der Waals surface area contributed by atoms with Crippen LogP contribution in [0.4, 0.5) is 10.5 Å². The van der Waals surface area contributed by atoms with E-state index in [1.165, 1.54) is 0 Å². The molecule has 0 unspecified atom stereocenters. The Labute approximate surface area is 115 Å². The maximum atomic E-state index is 12.1. The summed E-state index contributed by atoms with van der Waals surface area (Å²) < 4.78 is 1.06. The summed E-state index contributed by atoms with van der Waals surface area (Å²) in [6.45, 7) is 4.54. The van der Waals surface area contributed by atoms with Gasteiger partial charge in [-0.25, -0.2) is 4.79 Å². The normalized spacial score (nSPS) is 20.1. The van der Waals surface area contributed by atoms with Crippen molar-refractivity contribution in [2.45, 2.75) is 13.0 Å². The van der Waals surface area contributed by atoms with Gasteiger partial charge in [-0.05, 0) is 41.6 Å². The summed E-state index contributed by atoms with van der Waals surface area (Å²) >= 11 is 2.22. The number of urea groups is 1. The Balaban J connectivity index is 2.03. The summed E-state index contributed by atoms with van der Waals surface area (Å²) in [7, 11) is 0. The zero-order valence-electron chi connectivity index (χ0n) is 9.74. The van der Waals surface area contributed by atoms with Crippen LogP contribution in [0.25, 0.3) is 0 Å².